The summed E-state index contributed by atoms with van der Waals surface area (Å²) >= 11 is -1.45. The quantitative estimate of drug-likeness (QED) is 0.831. The molecule has 1 fully saturated rings. The van der Waals surface area contributed by atoms with Gasteiger partial charge in [-0.25, -0.2) is 8.60 Å². The van der Waals surface area contributed by atoms with Crippen LogP contribution in [0.1, 0.15) is 52.0 Å². The zero-order valence-electron chi connectivity index (χ0n) is 12.4. The summed E-state index contributed by atoms with van der Waals surface area (Å²) in [6, 6.07) is 7.71. The first-order valence-corrected chi connectivity index (χ1v) is 8.27. The highest BCUT2D eigenvalue weighted by Gasteiger charge is 2.23. The standard InChI is InChI=1S/C16H23FO2S/c1-16(2,3)12-4-10-15(11-5-12)20(18)19-14-8-6-13(17)7-9-14/h4-5,10-11,13-14H,6-9H2,1-3H3. The first-order chi connectivity index (χ1) is 9.36. The normalized spacial score (nSPS) is 25.4. The fourth-order valence-electron chi connectivity index (χ4n) is 2.36. The molecule has 1 saturated carbocycles. The van der Waals surface area contributed by atoms with Gasteiger partial charge in [0, 0.05) is 0 Å². The average molecular weight is 298 g/mol. The minimum absolute atomic E-state index is 0.0786. The molecule has 0 amide bonds. The lowest BCUT2D eigenvalue weighted by Gasteiger charge is -2.23. The molecule has 0 aliphatic heterocycles. The Morgan fingerprint density at radius 2 is 1.65 bits per heavy atom. The maximum Gasteiger partial charge on any atom is 0.189 e. The Balaban J connectivity index is 1.96. The van der Waals surface area contributed by atoms with Crippen LogP contribution in [0, 0.1) is 0 Å². The summed E-state index contributed by atoms with van der Waals surface area (Å²) < 4.78 is 30.7. The van der Waals surface area contributed by atoms with Gasteiger partial charge in [-0.2, -0.15) is 0 Å². The molecule has 0 bridgehead atoms. The van der Waals surface area contributed by atoms with Crippen molar-refractivity contribution in [3.05, 3.63) is 29.8 Å². The molecule has 112 valence electrons. The molecule has 0 heterocycles. The molecule has 0 spiro atoms. The predicted octanol–water partition coefficient (Wildman–Crippen LogP) is 4.30. The van der Waals surface area contributed by atoms with E-state index in [0.29, 0.717) is 30.6 Å². The summed E-state index contributed by atoms with van der Waals surface area (Å²) in [5.41, 5.74) is 1.29. The van der Waals surface area contributed by atoms with E-state index in [0.717, 1.165) is 0 Å². The number of alkyl halides is 1. The van der Waals surface area contributed by atoms with Crippen molar-refractivity contribution in [3.8, 4) is 0 Å². The van der Waals surface area contributed by atoms with Gasteiger partial charge in [-0.15, -0.1) is 0 Å². The van der Waals surface area contributed by atoms with Crippen LogP contribution in [0.3, 0.4) is 0 Å². The van der Waals surface area contributed by atoms with Crippen LogP contribution in [0.5, 0.6) is 0 Å². The molecule has 0 aromatic heterocycles. The first kappa shape index (κ1) is 15.6. The van der Waals surface area contributed by atoms with E-state index in [1.807, 2.05) is 24.3 Å². The molecule has 4 heteroatoms. The highest BCUT2D eigenvalue weighted by Crippen LogP contribution is 2.26. The minimum Gasteiger partial charge on any atom is -0.283 e. The van der Waals surface area contributed by atoms with Gasteiger partial charge in [0.05, 0.1) is 11.0 Å². The lowest BCUT2D eigenvalue weighted by atomic mass is 9.87. The molecular weight excluding hydrogens is 275 g/mol. The second-order valence-electron chi connectivity index (χ2n) is 6.48. The fourth-order valence-corrected chi connectivity index (χ4v) is 3.27. The molecule has 0 radical (unpaired) electrons. The van der Waals surface area contributed by atoms with Gasteiger partial charge in [0.15, 0.2) is 11.1 Å². The van der Waals surface area contributed by atoms with E-state index in [-0.39, 0.29) is 11.5 Å². The number of benzene rings is 1. The van der Waals surface area contributed by atoms with Crippen molar-refractivity contribution in [2.45, 2.75) is 69.0 Å². The van der Waals surface area contributed by atoms with Crippen molar-refractivity contribution in [1.29, 1.82) is 0 Å². The van der Waals surface area contributed by atoms with E-state index < -0.39 is 17.3 Å². The molecule has 0 saturated heterocycles. The van der Waals surface area contributed by atoms with E-state index >= 15 is 0 Å². The third-order valence-electron chi connectivity index (χ3n) is 3.74. The van der Waals surface area contributed by atoms with E-state index in [1.165, 1.54) is 5.56 Å². The third kappa shape index (κ3) is 4.13. The highest BCUT2D eigenvalue weighted by molar-refractivity contribution is 7.80. The monoisotopic (exact) mass is 298 g/mol. The summed E-state index contributed by atoms with van der Waals surface area (Å²) in [7, 11) is 0. The van der Waals surface area contributed by atoms with Crippen LogP contribution in [0.15, 0.2) is 29.2 Å². The van der Waals surface area contributed by atoms with Crippen LogP contribution in [-0.4, -0.2) is 16.5 Å². The summed E-state index contributed by atoms with van der Waals surface area (Å²) in [5.74, 6) is 0. The lowest BCUT2D eigenvalue weighted by Crippen LogP contribution is -2.23. The molecule has 1 atom stereocenters. The van der Waals surface area contributed by atoms with Gasteiger partial charge in [-0.1, -0.05) is 32.9 Å². The molecule has 1 aromatic rings. The zero-order valence-corrected chi connectivity index (χ0v) is 13.2. The molecule has 1 unspecified atom stereocenters. The predicted molar refractivity (Wildman–Crippen MR) is 79.8 cm³/mol. The Bertz CT molecular complexity index is 456. The van der Waals surface area contributed by atoms with Gasteiger partial charge in [-0.3, -0.25) is 4.18 Å². The summed E-state index contributed by atoms with van der Waals surface area (Å²) in [6.45, 7) is 6.43. The maximum absolute atomic E-state index is 13.0. The smallest absolute Gasteiger partial charge is 0.189 e. The van der Waals surface area contributed by atoms with Gasteiger partial charge in [0.1, 0.15) is 6.17 Å². The van der Waals surface area contributed by atoms with E-state index in [9.17, 15) is 8.60 Å². The van der Waals surface area contributed by atoms with Crippen molar-refractivity contribution < 1.29 is 12.8 Å². The summed E-state index contributed by atoms with van der Waals surface area (Å²) in [5, 5.41) is 0. The van der Waals surface area contributed by atoms with Gasteiger partial charge in [-0.05, 0) is 48.8 Å². The third-order valence-corrected chi connectivity index (χ3v) is 4.84. The van der Waals surface area contributed by atoms with Crippen molar-refractivity contribution in [1.82, 2.24) is 0 Å². The molecule has 1 aliphatic rings. The van der Waals surface area contributed by atoms with Gasteiger partial charge >= 0.3 is 0 Å². The van der Waals surface area contributed by atoms with E-state index in [4.69, 9.17) is 4.18 Å². The average Bonchev–Trinajstić information content (AvgIpc) is 2.40. The largest absolute Gasteiger partial charge is 0.283 e. The van der Waals surface area contributed by atoms with E-state index in [1.54, 1.807) is 0 Å². The highest BCUT2D eigenvalue weighted by atomic mass is 32.2. The maximum atomic E-state index is 13.0. The summed E-state index contributed by atoms with van der Waals surface area (Å²) in [4.78, 5) is 0.681. The van der Waals surface area contributed by atoms with Gasteiger partial charge in [0.25, 0.3) is 0 Å². The van der Waals surface area contributed by atoms with Crippen LogP contribution < -0.4 is 0 Å². The van der Waals surface area contributed by atoms with Gasteiger partial charge < -0.3 is 0 Å². The molecule has 2 nitrogen and oxygen atoms in total. The molecule has 20 heavy (non-hydrogen) atoms. The SMILES string of the molecule is CC(C)(C)c1ccc(S(=O)OC2CCC(F)CC2)cc1. The Morgan fingerprint density at radius 3 is 2.15 bits per heavy atom. The second-order valence-corrected chi connectivity index (χ2v) is 7.61. The minimum atomic E-state index is -1.45. The number of rotatable bonds is 3. The van der Waals surface area contributed by atoms with Crippen LogP contribution >= 0.6 is 0 Å². The van der Waals surface area contributed by atoms with E-state index in [2.05, 4.69) is 20.8 Å². The Morgan fingerprint density at radius 1 is 1.10 bits per heavy atom. The Labute approximate surface area is 123 Å². The fraction of sp³-hybridized carbons (Fsp3) is 0.625. The number of hydrogen-bond acceptors (Lipinski definition) is 2. The van der Waals surface area contributed by atoms with Crippen LogP contribution in [0.2, 0.25) is 0 Å². The van der Waals surface area contributed by atoms with Crippen molar-refractivity contribution in [2.24, 2.45) is 0 Å². The Kier molecular flexibility index (Phi) is 4.97. The summed E-state index contributed by atoms with van der Waals surface area (Å²) in [6.07, 6.45) is 1.56. The van der Waals surface area contributed by atoms with Crippen LogP contribution in [0.4, 0.5) is 4.39 Å². The molecule has 1 aromatic carbocycles. The van der Waals surface area contributed by atoms with Gasteiger partial charge in [0.2, 0.25) is 0 Å². The zero-order chi connectivity index (χ0) is 14.8. The number of halogens is 1. The molecule has 0 N–H and O–H groups in total. The molecular formula is C16H23FO2S. The number of hydrogen-bond donors (Lipinski definition) is 0. The molecule has 2 rings (SSSR count). The van der Waals surface area contributed by atoms with Crippen LogP contribution in [0.25, 0.3) is 0 Å². The van der Waals surface area contributed by atoms with Crippen molar-refractivity contribution >= 4 is 11.1 Å². The topological polar surface area (TPSA) is 26.3 Å². The lowest BCUT2D eigenvalue weighted by molar-refractivity contribution is 0.126. The van der Waals surface area contributed by atoms with Crippen molar-refractivity contribution in [3.63, 3.8) is 0 Å². The Hall–Kier alpha value is -0.740. The first-order valence-electron chi connectivity index (χ1n) is 7.20. The second kappa shape index (κ2) is 6.35. The molecule has 1 aliphatic carbocycles. The van der Waals surface area contributed by atoms with Crippen molar-refractivity contribution in [2.75, 3.05) is 0 Å². The van der Waals surface area contributed by atoms with Crippen LogP contribution in [-0.2, 0) is 20.7 Å².